The normalized spacial score (nSPS) is 11.8. The van der Waals surface area contributed by atoms with Crippen molar-refractivity contribution in [3.05, 3.63) is 83.9 Å². The van der Waals surface area contributed by atoms with Crippen LogP contribution in [0.15, 0.2) is 72.8 Å². The molecule has 1 unspecified atom stereocenters. The number of benzene rings is 3. The predicted molar refractivity (Wildman–Crippen MR) is 105 cm³/mol. The summed E-state index contributed by atoms with van der Waals surface area (Å²) in [6.07, 6.45) is 3.52. The molecular weight excluding hydrogens is 322 g/mol. The lowest BCUT2D eigenvalue weighted by molar-refractivity contribution is -0.121. The van der Waals surface area contributed by atoms with E-state index in [9.17, 15) is 9.59 Å². The Morgan fingerprint density at radius 1 is 0.923 bits per heavy atom. The van der Waals surface area contributed by atoms with E-state index in [0.29, 0.717) is 13.0 Å². The van der Waals surface area contributed by atoms with Crippen molar-refractivity contribution < 1.29 is 9.59 Å². The van der Waals surface area contributed by atoms with Crippen molar-refractivity contribution in [3.63, 3.8) is 0 Å². The van der Waals surface area contributed by atoms with Crippen molar-refractivity contribution in [2.45, 2.75) is 19.3 Å². The molecule has 131 valence electrons. The Kier molecular flexibility index (Phi) is 6.15. The van der Waals surface area contributed by atoms with Gasteiger partial charge in [-0.05, 0) is 34.7 Å². The highest BCUT2D eigenvalue weighted by atomic mass is 16.1. The summed E-state index contributed by atoms with van der Waals surface area (Å²) in [6.45, 7) is 0.572. The van der Waals surface area contributed by atoms with Gasteiger partial charge < -0.3 is 5.32 Å². The maximum Gasteiger partial charge on any atom is 0.220 e. The largest absolute Gasteiger partial charge is 0.356 e. The molecule has 3 heteroatoms. The Morgan fingerprint density at radius 2 is 1.65 bits per heavy atom. The van der Waals surface area contributed by atoms with Crippen LogP contribution in [0.5, 0.6) is 0 Å². The lowest BCUT2D eigenvalue weighted by Gasteiger charge is -2.12. The molecule has 0 fully saturated rings. The Bertz CT molecular complexity index is 868. The van der Waals surface area contributed by atoms with Gasteiger partial charge in [0.15, 0.2) is 0 Å². The molecule has 3 nitrogen and oxygen atoms in total. The van der Waals surface area contributed by atoms with Gasteiger partial charge in [-0.25, -0.2) is 0 Å². The van der Waals surface area contributed by atoms with Gasteiger partial charge in [0.1, 0.15) is 0 Å². The zero-order valence-electron chi connectivity index (χ0n) is 14.7. The Morgan fingerprint density at radius 3 is 2.46 bits per heavy atom. The van der Waals surface area contributed by atoms with Crippen LogP contribution in [-0.4, -0.2) is 18.7 Å². The molecular formula is C23H22NO2. The van der Waals surface area contributed by atoms with Gasteiger partial charge in [0.05, 0.1) is 0 Å². The lowest BCUT2D eigenvalue weighted by Crippen LogP contribution is -2.28. The summed E-state index contributed by atoms with van der Waals surface area (Å²) >= 11 is 0. The van der Waals surface area contributed by atoms with E-state index in [1.807, 2.05) is 66.9 Å². The third kappa shape index (κ3) is 4.79. The van der Waals surface area contributed by atoms with E-state index in [0.717, 1.165) is 22.8 Å². The van der Waals surface area contributed by atoms with Gasteiger partial charge in [0.25, 0.3) is 0 Å². The van der Waals surface area contributed by atoms with Crippen molar-refractivity contribution >= 4 is 23.0 Å². The van der Waals surface area contributed by atoms with E-state index >= 15 is 0 Å². The number of rotatable bonds is 8. The zero-order chi connectivity index (χ0) is 18.2. The fourth-order valence-corrected chi connectivity index (χ4v) is 3.18. The molecule has 1 amide bonds. The first kappa shape index (κ1) is 17.9. The second-order valence-corrected chi connectivity index (χ2v) is 6.45. The van der Waals surface area contributed by atoms with Crippen LogP contribution in [0, 0.1) is 5.92 Å². The molecule has 26 heavy (non-hydrogen) atoms. The molecule has 0 heterocycles. The van der Waals surface area contributed by atoms with Crippen LogP contribution in [0.4, 0.5) is 0 Å². The number of amides is 1. The molecule has 0 bridgehead atoms. The van der Waals surface area contributed by atoms with E-state index in [2.05, 4.69) is 17.4 Å². The number of hydrogen-bond donors (Lipinski definition) is 1. The van der Waals surface area contributed by atoms with Gasteiger partial charge in [-0.15, -0.1) is 0 Å². The minimum atomic E-state index is -0.433. The average Bonchev–Trinajstić information content (AvgIpc) is 2.68. The first-order chi connectivity index (χ1) is 12.8. The zero-order valence-corrected chi connectivity index (χ0v) is 14.7. The highest BCUT2D eigenvalue weighted by Crippen LogP contribution is 2.21. The summed E-state index contributed by atoms with van der Waals surface area (Å²) in [7, 11) is 0. The number of carbonyl (C=O) groups is 1. The monoisotopic (exact) mass is 344 g/mol. The van der Waals surface area contributed by atoms with Crippen LogP contribution in [0.1, 0.15) is 17.5 Å². The van der Waals surface area contributed by atoms with Gasteiger partial charge in [-0.1, -0.05) is 72.8 Å². The molecule has 0 spiro atoms. The second kappa shape index (κ2) is 8.95. The summed E-state index contributed by atoms with van der Waals surface area (Å²) in [5, 5.41) is 5.17. The van der Waals surface area contributed by atoms with Crippen molar-refractivity contribution in [2.75, 3.05) is 6.54 Å². The fourth-order valence-electron chi connectivity index (χ4n) is 3.18. The highest BCUT2D eigenvalue weighted by molar-refractivity contribution is 5.86. The third-order valence-electron chi connectivity index (χ3n) is 4.52. The van der Waals surface area contributed by atoms with Crippen molar-refractivity contribution in [1.82, 2.24) is 5.32 Å². The smallest absolute Gasteiger partial charge is 0.220 e. The van der Waals surface area contributed by atoms with E-state index in [-0.39, 0.29) is 12.3 Å². The topological polar surface area (TPSA) is 46.2 Å². The first-order valence-corrected chi connectivity index (χ1v) is 8.91. The van der Waals surface area contributed by atoms with Crippen LogP contribution in [-0.2, 0) is 22.4 Å². The number of hydrogen-bond acceptors (Lipinski definition) is 2. The summed E-state index contributed by atoms with van der Waals surface area (Å²) in [6, 6.07) is 24.1. The minimum Gasteiger partial charge on any atom is -0.356 e. The van der Waals surface area contributed by atoms with Crippen molar-refractivity contribution in [2.24, 2.45) is 5.92 Å². The third-order valence-corrected chi connectivity index (χ3v) is 4.52. The van der Waals surface area contributed by atoms with E-state index < -0.39 is 5.92 Å². The Balaban J connectivity index is 1.55. The van der Waals surface area contributed by atoms with Gasteiger partial charge in [0.2, 0.25) is 12.2 Å². The fraction of sp³-hybridized carbons (Fsp3) is 0.217. The van der Waals surface area contributed by atoms with E-state index in [1.165, 1.54) is 5.56 Å². The van der Waals surface area contributed by atoms with Gasteiger partial charge in [-0.3, -0.25) is 9.59 Å². The molecule has 0 aliphatic carbocycles. The van der Waals surface area contributed by atoms with Crippen LogP contribution in [0.2, 0.25) is 0 Å². The van der Waals surface area contributed by atoms with Gasteiger partial charge in [0, 0.05) is 18.9 Å². The quantitative estimate of drug-likeness (QED) is 0.674. The molecule has 0 aliphatic rings. The molecule has 1 atom stereocenters. The molecule has 0 aliphatic heterocycles. The molecule has 0 aromatic heterocycles. The molecule has 1 radical (unpaired) electrons. The highest BCUT2D eigenvalue weighted by Gasteiger charge is 2.16. The standard InChI is InChI=1S/C23H22NO2/c25-17-19(15-21-11-6-10-20-9-4-5-12-22(20)21)16-23(26)24-14-13-18-7-2-1-3-8-18/h1-12,19H,13-16H2,(H,24,26). The number of fused-ring (bicyclic) bond motifs is 1. The molecule has 1 N–H and O–H groups in total. The SMILES string of the molecule is O=[C]C(CC(=O)NCCc1ccccc1)Cc1cccc2ccccc12. The van der Waals surface area contributed by atoms with Crippen molar-refractivity contribution in [3.8, 4) is 0 Å². The van der Waals surface area contributed by atoms with Crippen LogP contribution >= 0.6 is 0 Å². The Labute approximate surface area is 154 Å². The summed E-state index contributed by atoms with van der Waals surface area (Å²) in [5.74, 6) is -0.535. The summed E-state index contributed by atoms with van der Waals surface area (Å²) in [4.78, 5) is 23.5. The van der Waals surface area contributed by atoms with Crippen LogP contribution in [0.25, 0.3) is 10.8 Å². The number of carbonyl (C=O) groups excluding carboxylic acids is 2. The first-order valence-electron chi connectivity index (χ1n) is 8.91. The molecule has 0 saturated heterocycles. The molecule has 3 aromatic rings. The summed E-state index contributed by atoms with van der Waals surface area (Å²) in [5.41, 5.74) is 2.26. The minimum absolute atomic E-state index is 0.102. The van der Waals surface area contributed by atoms with Crippen LogP contribution in [0.3, 0.4) is 0 Å². The van der Waals surface area contributed by atoms with Crippen molar-refractivity contribution in [1.29, 1.82) is 0 Å². The van der Waals surface area contributed by atoms with E-state index in [4.69, 9.17) is 0 Å². The van der Waals surface area contributed by atoms with Crippen LogP contribution < -0.4 is 5.32 Å². The molecule has 0 saturated carbocycles. The van der Waals surface area contributed by atoms with E-state index in [1.54, 1.807) is 0 Å². The number of nitrogens with one attached hydrogen (secondary N) is 1. The maximum atomic E-state index is 12.2. The Hall–Kier alpha value is -2.94. The summed E-state index contributed by atoms with van der Waals surface area (Å²) < 4.78 is 0. The predicted octanol–water partition coefficient (Wildman–Crippen LogP) is 3.86. The van der Waals surface area contributed by atoms with Gasteiger partial charge in [-0.2, -0.15) is 0 Å². The second-order valence-electron chi connectivity index (χ2n) is 6.45. The maximum absolute atomic E-state index is 12.2. The van der Waals surface area contributed by atoms with Gasteiger partial charge >= 0.3 is 0 Å². The molecule has 3 rings (SSSR count). The average molecular weight is 344 g/mol. The lowest BCUT2D eigenvalue weighted by atomic mass is 9.93. The molecule has 3 aromatic carbocycles.